The van der Waals surface area contributed by atoms with Crippen molar-refractivity contribution in [3.63, 3.8) is 0 Å². The fourth-order valence-corrected chi connectivity index (χ4v) is 4.76. The van der Waals surface area contributed by atoms with Gasteiger partial charge >= 0.3 is 12.1 Å². The van der Waals surface area contributed by atoms with Crippen molar-refractivity contribution in [1.82, 2.24) is 34.2 Å². The monoisotopic (exact) mass is 551 g/mol. The van der Waals surface area contributed by atoms with E-state index in [1.54, 1.807) is 47.3 Å². The highest BCUT2D eigenvalue weighted by Gasteiger charge is 2.20. The molecule has 0 bridgehead atoms. The normalized spacial score (nSPS) is 14.4. The Morgan fingerprint density at radius 1 is 0.950 bits per heavy atom. The van der Waals surface area contributed by atoms with Crippen LogP contribution < -0.4 is 5.69 Å². The number of alkyl halides is 2. The lowest BCUT2D eigenvalue weighted by molar-refractivity contribution is 0.0364. The Labute approximate surface area is 225 Å². The maximum atomic E-state index is 15.4. The van der Waals surface area contributed by atoms with Gasteiger partial charge in [0, 0.05) is 62.0 Å². The molecular formula is C27H24F3N7O3. The molecule has 0 radical (unpaired) electrons. The SMILES string of the molecule is O=c1n(CCN2CCOCC2)c2cc(-c3cccnc3)c(F)cc2n1Cc1ccc(-c2nnc(C(F)F)o2)cn1. The van der Waals surface area contributed by atoms with E-state index < -0.39 is 18.1 Å². The van der Waals surface area contributed by atoms with Gasteiger partial charge in [-0.2, -0.15) is 8.78 Å². The number of aromatic nitrogens is 6. The van der Waals surface area contributed by atoms with Crippen LogP contribution >= 0.6 is 0 Å². The summed E-state index contributed by atoms with van der Waals surface area (Å²) < 4.78 is 54.5. The Balaban J connectivity index is 1.35. The van der Waals surface area contributed by atoms with E-state index in [1.165, 1.54) is 16.8 Å². The lowest BCUT2D eigenvalue weighted by atomic mass is 10.1. The first-order valence-corrected chi connectivity index (χ1v) is 12.7. The van der Waals surface area contributed by atoms with Gasteiger partial charge in [0.15, 0.2) is 0 Å². The largest absolute Gasteiger partial charge is 0.415 e. The lowest BCUT2D eigenvalue weighted by Crippen LogP contribution is -2.39. The second kappa shape index (κ2) is 11.0. The molecule has 40 heavy (non-hydrogen) atoms. The molecule has 0 spiro atoms. The van der Waals surface area contributed by atoms with Gasteiger partial charge in [-0.3, -0.25) is 24.0 Å². The predicted octanol–water partition coefficient (Wildman–Crippen LogP) is 3.77. The third kappa shape index (κ3) is 5.12. The summed E-state index contributed by atoms with van der Waals surface area (Å²) in [6.07, 6.45) is 1.72. The van der Waals surface area contributed by atoms with Crippen LogP contribution in [0.5, 0.6) is 0 Å². The van der Waals surface area contributed by atoms with Crippen LogP contribution in [0.15, 0.2) is 64.2 Å². The molecule has 1 aliphatic rings. The molecule has 1 saturated heterocycles. The number of hydrogen-bond donors (Lipinski definition) is 0. The van der Waals surface area contributed by atoms with Gasteiger partial charge in [-0.15, -0.1) is 10.2 Å². The molecule has 0 amide bonds. The van der Waals surface area contributed by atoms with E-state index in [0.29, 0.717) is 59.7 Å². The second-order valence-electron chi connectivity index (χ2n) is 9.32. The summed E-state index contributed by atoms with van der Waals surface area (Å²) in [6, 6.07) is 9.77. The van der Waals surface area contributed by atoms with Crippen molar-refractivity contribution in [3.05, 3.63) is 82.9 Å². The minimum absolute atomic E-state index is 0.0674. The van der Waals surface area contributed by atoms with Gasteiger partial charge < -0.3 is 9.15 Å². The van der Waals surface area contributed by atoms with Gasteiger partial charge in [0.2, 0.25) is 5.89 Å². The second-order valence-corrected chi connectivity index (χ2v) is 9.32. The van der Waals surface area contributed by atoms with Crippen LogP contribution in [0.4, 0.5) is 13.2 Å². The van der Waals surface area contributed by atoms with Crippen molar-refractivity contribution in [2.75, 3.05) is 32.8 Å². The van der Waals surface area contributed by atoms with E-state index in [1.807, 2.05) is 0 Å². The number of hydrogen-bond acceptors (Lipinski definition) is 8. The average Bonchev–Trinajstić information content (AvgIpc) is 3.57. The molecule has 206 valence electrons. The minimum atomic E-state index is -2.88. The molecule has 5 aromatic rings. The zero-order chi connectivity index (χ0) is 27.6. The molecule has 4 aromatic heterocycles. The summed E-state index contributed by atoms with van der Waals surface area (Å²) in [4.78, 5) is 24.4. The molecular weight excluding hydrogens is 527 g/mol. The Morgan fingerprint density at radius 2 is 1.77 bits per heavy atom. The van der Waals surface area contributed by atoms with Crippen LogP contribution in [-0.4, -0.2) is 67.0 Å². The van der Waals surface area contributed by atoms with E-state index in [9.17, 15) is 13.6 Å². The van der Waals surface area contributed by atoms with E-state index in [4.69, 9.17) is 9.15 Å². The fraction of sp³-hybridized carbons (Fsp3) is 0.296. The highest BCUT2D eigenvalue weighted by atomic mass is 19.3. The van der Waals surface area contributed by atoms with Gasteiger partial charge in [-0.25, -0.2) is 9.18 Å². The van der Waals surface area contributed by atoms with Gasteiger partial charge in [0.25, 0.3) is 5.89 Å². The number of fused-ring (bicyclic) bond motifs is 1. The highest BCUT2D eigenvalue weighted by molar-refractivity contribution is 5.83. The molecule has 5 heterocycles. The molecule has 1 aromatic carbocycles. The van der Waals surface area contributed by atoms with Crippen molar-refractivity contribution < 1.29 is 22.3 Å². The summed E-state index contributed by atoms with van der Waals surface area (Å²) in [7, 11) is 0. The average molecular weight is 552 g/mol. The van der Waals surface area contributed by atoms with Crippen molar-refractivity contribution >= 4 is 11.0 Å². The standard InChI is InChI=1S/C27H24F3N7O3/c28-21-13-23-22(12-20(21)17-2-1-5-31-14-17)36(7-6-35-8-10-39-11-9-35)27(38)37(23)16-19-4-3-18(15-32-19)25-33-34-26(40-25)24(29)30/h1-5,12-15,24H,6-11,16H2. The number of rotatable bonds is 8. The maximum absolute atomic E-state index is 15.4. The first kappa shape index (κ1) is 25.9. The number of halogens is 3. The highest BCUT2D eigenvalue weighted by Crippen LogP contribution is 2.28. The number of nitrogens with zero attached hydrogens (tertiary/aromatic N) is 7. The van der Waals surface area contributed by atoms with Crippen molar-refractivity contribution in [1.29, 1.82) is 0 Å². The van der Waals surface area contributed by atoms with Crippen LogP contribution in [0.2, 0.25) is 0 Å². The van der Waals surface area contributed by atoms with Crippen LogP contribution in [-0.2, 0) is 17.8 Å². The molecule has 0 unspecified atom stereocenters. The van der Waals surface area contributed by atoms with Crippen molar-refractivity contribution in [3.8, 4) is 22.6 Å². The topological polar surface area (TPSA) is 104 Å². The fourth-order valence-electron chi connectivity index (χ4n) is 4.76. The molecule has 1 fully saturated rings. The third-order valence-corrected chi connectivity index (χ3v) is 6.84. The Bertz CT molecular complexity index is 1680. The van der Waals surface area contributed by atoms with Gasteiger partial charge in [-0.05, 0) is 24.3 Å². The summed E-state index contributed by atoms with van der Waals surface area (Å²) in [5, 5.41) is 6.96. The van der Waals surface area contributed by atoms with E-state index in [-0.39, 0.29) is 18.1 Å². The molecule has 13 heteroatoms. The first-order valence-electron chi connectivity index (χ1n) is 12.7. The Kier molecular flexibility index (Phi) is 7.13. The molecule has 1 aliphatic heterocycles. The van der Waals surface area contributed by atoms with Crippen molar-refractivity contribution in [2.45, 2.75) is 19.5 Å². The molecule has 0 N–H and O–H groups in total. The molecule has 0 aliphatic carbocycles. The van der Waals surface area contributed by atoms with Crippen LogP contribution in [0.1, 0.15) is 18.0 Å². The van der Waals surface area contributed by atoms with E-state index in [2.05, 4.69) is 25.1 Å². The summed E-state index contributed by atoms with van der Waals surface area (Å²) in [5.74, 6) is -1.34. The van der Waals surface area contributed by atoms with Crippen molar-refractivity contribution in [2.24, 2.45) is 0 Å². The smallest absolute Gasteiger partial charge is 0.329 e. The molecule has 0 atom stereocenters. The maximum Gasteiger partial charge on any atom is 0.329 e. The van der Waals surface area contributed by atoms with E-state index in [0.717, 1.165) is 13.1 Å². The first-order chi connectivity index (χ1) is 19.5. The van der Waals surface area contributed by atoms with Crippen LogP contribution in [0.3, 0.4) is 0 Å². The molecule has 0 saturated carbocycles. The molecule has 10 nitrogen and oxygen atoms in total. The Hall–Kier alpha value is -4.36. The zero-order valence-electron chi connectivity index (χ0n) is 21.2. The number of benzene rings is 1. The van der Waals surface area contributed by atoms with Crippen LogP contribution in [0.25, 0.3) is 33.6 Å². The summed E-state index contributed by atoms with van der Waals surface area (Å²) in [5.41, 5.74) is 2.55. The quantitative estimate of drug-likeness (QED) is 0.287. The lowest BCUT2D eigenvalue weighted by Gasteiger charge is -2.26. The number of pyridine rings is 2. The van der Waals surface area contributed by atoms with Crippen LogP contribution in [0, 0.1) is 5.82 Å². The number of morpholine rings is 1. The molecule has 6 rings (SSSR count). The Morgan fingerprint density at radius 3 is 2.48 bits per heavy atom. The zero-order valence-corrected chi connectivity index (χ0v) is 21.2. The summed E-state index contributed by atoms with van der Waals surface area (Å²) >= 11 is 0. The predicted molar refractivity (Wildman–Crippen MR) is 138 cm³/mol. The van der Waals surface area contributed by atoms with Gasteiger partial charge in [0.05, 0.1) is 42.0 Å². The summed E-state index contributed by atoms with van der Waals surface area (Å²) in [6.45, 7) is 3.95. The number of imidazole rings is 1. The van der Waals surface area contributed by atoms with E-state index >= 15 is 4.39 Å². The third-order valence-electron chi connectivity index (χ3n) is 6.84. The van der Waals surface area contributed by atoms with Gasteiger partial charge in [-0.1, -0.05) is 6.07 Å². The van der Waals surface area contributed by atoms with Gasteiger partial charge in [0.1, 0.15) is 5.82 Å². The minimum Gasteiger partial charge on any atom is -0.415 e. The number of ether oxygens (including phenoxy) is 1.